The molecule has 2 aliphatic heterocycles. The minimum atomic E-state index is -1.01. The molecule has 1 N–H and O–H groups in total. The van der Waals surface area contributed by atoms with Crippen LogP contribution in [0.15, 0.2) is 36.4 Å². The molecule has 9 heteroatoms. The fraction of sp³-hybridized carbons (Fsp3) is 0.435. The molecular weight excluding hydrogens is 412 g/mol. The highest BCUT2D eigenvalue weighted by Gasteiger charge is 2.32. The molecule has 0 aliphatic carbocycles. The Balaban J connectivity index is 1.54. The summed E-state index contributed by atoms with van der Waals surface area (Å²) in [5.41, 5.74) is 1.94. The number of pyridine rings is 1. The predicted octanol–water partition coefficient (Wildman–Crippen LogP) is 2.24. The molecule has 9 nitrogen and oxygen atoms in total. The summed E-state index contributed by atoms with van der Waals surface area (Å²) in [5.74, 6) is -0.309. The third-order valence-corrected chi connectivity index (χ3v) is 6.03. The molecule has 3 heterocycles. The van der Waals surface area contributed by atoms with Crippen LogP contribution in [0.3, 0.4) is 0 Å². The lowest BCUT2D eigenvalue weighted by molar-refractivity contribution is -0.0738. The van der Waals surface area contributed by atoms with Crippen LogP contribution in [0.1, 0.15) is 21.7 Å². The molecule has 2 aliphatic rings. The highest BCUT2D eigenvalue weighted by molar-refractivity contribution is 5.92. The molecule has 2 amide bonds. The van der Waals surface area contributed by atoms with Gasteiger partial charge in [0.1, 0.15) is 5.75 Å². The average Bonchev–Trinajstić information content (AvgIpc) is 2.76. The number of nitrogens with zero attached hydrogens (tertiary/aromatic N) is 4. The SMILES string of the molecule is COc1ccc(N(Cc2ccc(C(=O)O)c(C)n2)C(=O)N2CCN(C3COC3)CC2)cc1. The van der Waals surface area contributed by atoms with E-state index in [-0.39, 0.29) is 18.1 Å². The van der Waals surface area contributed by atoms with E-state index >= 15 is 0 Å². The number of carbonyl (C=O) groups is 2. The lowest BCUT2D eigenvalue weighted by Gasteiger charge is -2.43. The van der Waals surface area contributed by atoms with Gasteiger partial charge < -0.3 is 19.5 Å². The second-order valence-electron chi connectivity index (χ2n) is 8.02. The van der Waals surface area contributed by atoms with Gasteiger partial charge in [-0.2, -0.15) is 0 Å². The Kier molecular flexibility index (Phi) is 6.57. The first kappa shape index (κ1) is 22.0. The van der Waals surface area contributed by atoms with Crippen molar-refractivity contribution < 1.29 is 24.2 Å². The molecule has 0 bridgehead atoms. The average molecular weight is 441 g/mol. The van der Waals surface area contributed by atoms with E-state index in [4.69, 9.17) is 9.47 Å². The van der Waals surface area contributed by atoms with Gasteiger partial charge in [-0.25, -0.2) is 9.59 Å². The molecule has 170 valence electrons. The van der Waals surface area contributed by atoms with Gasteiger partial charge in [-0.05, 0) is 43.3 Å². The van der Waals surface area contributed by atoms with Crippen LogP contribution in [-0.2, 0) is 11.3 Å². The van der Waals surface area contributed by atoms with E-state index in [0.29, 0.717) is 36.3 Å². The summed E-state index contributed by atoms with van der Waals surface area (Å²) in [6.45, 7) is 6.37. The van der Waals surface area contributed by atoms with Gasteiger partial charge in [0.25, 0.3) is 0 Å². The monoisotopic (exact) mass is 440 g/mol. The number of aromatic carboxylic acids is 1. The molecule has 0 unspecified atom stereocenters. The topological polar surface area (TPSA) is 95.4 Å². The predicted molar refractivity (Wildman–Crippen MR) is 118 cm³/mol. The van der Waals surface area contributed by atoms with E-state index in [1.54, 1.807) is 25.0 Å². The number of aryl methyl sites for hydroxylation is 1. The van der Waals surface area contributed by atoms with Crippen LogP contribution < -0.4 is 9.64 Å². The van der Waals surface area contributed by atoms with Gasteiger partial charge in [0, 0.05) is 31.9 Å². The number of hydrogen-bond donors (Lipinski definition) is 1. The third-order valence-electron chi connectivity index (χ3n) is 6.03. The molecule has 1 aromatic carbocycles. The summed E-state index contributed by atoms with van der Waals surface area (Å²) in [7, 11) is 1.60. The number of methoxy groups -OCH3 is 1. The second-order valence-corrected chi connectivity index (χ2v) is 8.02. The molecule has 32 heavy (non-hydrogen) atoms. The zero-order valence-electron chi connectivity index (χ0n) is 18.4. The van der Waals surface area contributed by atoms with Crippen molar-refractivity contribution >= 4 is 17.7 Å². The number of aromatic nitrogens is 1. The number of rotatable bonds is 6. The Morgan fingerprint density at radius 1 is 1.12 bits per heavy atom. The number of carboxylic acids is 1. The maximum absolute atomic E-state index is 13.5. The Labute approximate surface area is 187 Å². The van der Waals surface area contributed by atoms with Gasteiger partial charge >= 0.3 is 12.0 Å². The lowest BCUT2D eigenvalue weighted by Crippen LogP contribution is -2.59. The zero-order valence-corrected chi connectivity index (χ0v) is 18.4. The maximum Gasteiger partial charge on any atom is 0.337 e. The van der Waals surface area contributed by atoms with Crippen LogP contribution in [0.4, 0.5) is 10.5 Å². The molecule has 2 aromatic rings. The quantitative estimate of drug-likeness (QED) is 0.736. The van der Waals surface area contributed by atoms with Crippen LogP contribution in [0, 0.1) is 6.92 Å². The van der Waals surface area contributed by atoms with Crippen molar-refractivity contribution in [2.75, 3.05) is 51.4 Å². The molecule has 0 radical (unpaired) electrons. The normalized spacial score (nSPS) is 17.0. The van der Waals surface area contributed by atoms with Crippen LogP contribution in [0.5, 0.6) is 5.75 Å². The fourth-order valence-electron chi connectivity index (χ4n) is 4.00. The van der Waals surface area contributed by atoms with E-state index < -0.39 is 5.97 Å². The third kappa shape index (κ3) is 4.68. The van der Waals surface area contributed by atoms with E-state index in [0.717, 1.165) is 32.0 Å². The van der Waals surface area contributed by atoms with Gasteiger partial charge in [-0.15, -0.1) is 0 Å². The number of carbonyl (C=O) groups excluding carboxylic acids is 1. The summed E-state index contributed by atoms with van der Waals surface area (Å²) < 4.78 is 10.5. The summed E-state index contributed by atoms with van der Waals surface area (Å²) in [6.07, 6.45) is 0. The van der Waals surface area contributed by atoms with Crippen molar-refractivity contribution in [3.63, 3.8) is 0 Å². The van der Waals surface area contributed by atoms with Crippen molar-refractivity contribution in [2.45, 2.75) is 19.5 Å². The summed E-state index contributed by atoms with van der Waals surface area (Å²) in [5, 5.41) is 9.27. The lowest BCUT2D eigenvalue weighted by atomic mass is 10.1. The molecule has 0 atom stereocenters. The number of carboxylic acid groups (broad SMARTS) is 1. The van der Waals surface area contributed by atoms with Crippen molar-refractivity contribution in [3.05, 3.63) is 53.3 Å². The second kappa shape index (κ2) is 9.54. The van der Waals surface area contributed by atoms with Crippen molar-refractivity contribution in [1.29, 1.82) is 0 Å². The maximum atomic E-state index is 13.5. The molecule has 0 spiro atoms. The molecule has 2 saturated heterocycles. The number of anilines is 1. The van der Waals surface area contributed by atoms with Crippen molar-refractivity contribution in [3.8, 4) is 5.75 Å². The Bertz CT molecular complexity index is 969. The van der Waals surface area contributed by atoms with Crippen molar-refractivity contribution in [2.24, 2.45) is 0 Å². The first-order chi connectivity index (χ1) is 15.5. The Hall–Kier alpha value is -3.17. The zero-order chi connectivity index (χ0) is 22.7. The number of piperazine rings is 1. The molecule has 1 aromatic heterocycles. The molecule has 0 saturated carbocycles. The number of hydrogen-bond acceptors (Lipinski definition) is 6. The van der Waals surface area contributed by atoms with Crippen molar-refractivity contribution in [1.82, 2.24) is 14.8 Å². The number of ether oxygens (including phenoxy) is 2. The Morgan fingerprint density at radius 2 is 1.81 bits per heavy atom. The largest absolute Gasteiger partial charge is 0.497 e. The summed E-state index contributed by atoms with van der Waals surface area (Å²) >= 11 is 0. The van der Waals surface area contributed by atoms with Crippen LogP contribution in [-0.4, -0.2) is 84.4 Å². The molecule has 4 rings (SSSR count). The Morgan fingerprint density at radius 3 is 2.34 bits per heavy atom. The van der Waals surface area contributed by atoms with E-state index in [2.05, 4.69) is 9.88 Å². The molecule has 2 fully saturated rings. The fourth-order valence-corrected chi connectivity index (χ4v) is 4.00. The smallest absolute Gasteiger partial charge is 0.337 e. The number of benzene rings is 1. The standard InChI is InChI=1S/C23H28N4O5/c1-16-21(22(28)29)8-3-17(24-16)13-27(18-4-6-20(31-2)7-5-18)23(30)26-11-9-25(10-12-26)19-14-32-15-19/h3-8,19H,9-15H2,1-2H3,(H,28,29). The number of urea groups is 1. The number of amides is 2. The van der Waals surface area contributed by atoms with Gasteiger partial charge in [-0.3, -0.25) is 14.8 Å². The van der Waals surface area contributed by atoms with Crippen LogP contribution >= 0.6 is 0 Å². The van der Waals surface area contributed by atoms with E-state index in [1.807, 2.05) is 29.2 Å². The highest BCUT2D eigenvalue weighted by atomic mass is 16.5. The van der Waals surface area contributed by atoms with Gasteiger partial charge in [0.2, 0.25) is 0 Å². The minimum Gasteiger partial charge on any atom is -0.497 e. The first-order valence-electron chi connectivity index (χ1n) is 10.7. The van der Waals surface area contributed by atoms with E-state index in [1.165, 1.54) is 6.07 Å². The summed E-state index contributed by atoms with van der Waals surface area (Å²) in [6, 6.07) is 10.9. The highest BCUT2D eigenvalue weighted by Crippen LogP contribution is 2.24. The first-order valence-corrected chi connectivity index (χ1v) is 10.7. The van der Waals surface area contributed by atoms with Gasteiger partial charge in [-0.1, -0.05) is 0 Å². The summed E-state index contributed by atoms with van der Waals surface area (Å²) in [4.78, 5) is 35.2. The minimum absolute atomic E-state index is 0.0959. The van der Waals surface area contributed by atoms with Crippen LogP contribution in [0.25, 0.3) is 0 Å². The van der Waals surface area contributed by atoms with E-state index in [9.17, 15) is 14.7 Å². The molecular formula is C23H28N4O5. The van der Waals surface area contributed by atoms with Gasteiger partial charge in [0.15, 0.2) is 0 Å². The van der Waals surface area contributed by atoms with Gasteiger partial charge in [0.05, 0.1) is 49.9 Å². The van der Waals surface area contributed by atoms with Crippen LogP contribution in [0.2, 0.25) is 0 Å².